The summed E-state index contributed by atoms with van der Waals surface area (Å²) < 4.78 is 46.3. The Morgan fingerprint density at radius 2 is 1.35 bits per heavy atom. The van der Waals surface area contributed by atoms with Gasteiger partial charge in [0.15, 0.2) is 5.96 Å². The first kappa shape index (κ1) is 75.6. The highest BCUT2D eigenvalue weighted by molar-refractivity contribution is 6.06. The van der Waals surface area contributed by atoms with E-state index in [0.29, 0.717) is 62.8 Å². The number of allylic oxidation sites excluding steroid dienone is 1. The summed E-state index contributed by atoms with van der Waals surface area (Å²) in [4.78, 5) is 110. The van der Waals surface area contributed by atoms with Gasteiger partial charge in [0.2, 0.25) is 35.4 Å². The van der Waals surface area contributed by atoms with Crippen molar-refractivity contribution in [3.63, 3.8) is 0 Å². The number of nitrogens with one attached hydrogen (secondary N) is 8. The summed E-state index contributed by atoms with van der Waals surface area (Å²) in [7, 11) is 0. The number of hydrazone groups is 1. The van der Waals surface area contributed by atoms with E-state index in [9.17, 15) is 53.0 Å². The van der Waals surface area contributed by atoms with Crippen LogP contribution in [0, 0.1) is 23.7 Å². The number of ether oxygens (including phenoxy) is 6. The Kier molecular flexibility index (Phi) is 30.7. The Balaban J connectivity index is 0.815. The molecular weight excluding hydrogens is 1260 g/mol. The van der Waals surface area contributed by atoms with E-state index < -0.39 is 91.0 Å². The fourth-order valence-electron chi connectivity index (χ4n) is 12.0. The number of phenolic OH excluding ortho intramolecular Hbond substituents is 1. The number of aliphatic imine (C=N–C) groups is 1. The summed E-state index contributed by atoms with van der Waals surface area (Å²) in [5.74, 6) is -4.54. The average Bonchev–Trinajstić information content (AvgIpc) is 1.67. The van der Waals surface area contributed by atoms with Crippen LogP contribution < -0.4 is 54.1 Å². The van der Waals surface area contributed by atoms with E-state index in [1.165, 1.54) is 29.8 Å². The molecule has 2 saturated carbocycles. The number of hydrogen-bond acceptors (Lipinski definition) is 18. The quantitative estimate of drug-likeness (QED) is 0.0226. The lowest BCUT2D eigenvalue weighted by molar-refractivity contribution is -0.141. The largest absolute Gasteiger partial charge is 0.508 e. The van der Waals surface area contributed by atoms with E-state index in [4.69, 9.17) is 45.0 Å². The minimum absolute atomic E-state index is 0.00271. The number of carboxylic acid groups (broad SMARTS) is 1. The predicted octanol–water partition coefficient (Wildman–Crippen LogP) is 2.74. The number of hydrogen-bond donors (Lipinski definition) is 12. The predicted molar refractivity (Wildman–Crippen MR) is 356 cm³/mol. The summed E-state index contributed by atoms with van der Waals surface area (Å²) in [6.07, 6.45) is 3.22. The molecule has 2 aliphatic heterocycles. The van der Waals surface area contributed by atoms with Crippen molar-refractivity contribution in [2.45, 2.75) is 127 Å². The third-order valence-electron chi connectivity index (χ3n) is 17.1. The Labute approximate surface area is 564 Å². The van der Waals surface area contributed by atoms with Crippen LogP contribution in [0.4, 0.5) is 9.18 Å². The van der Waals surface area contributed by atoms with Crippen LogP contribution in [0.2, 0.25) is 0 Å². The zero-order chi connectivity index (χ0) is 69.5. The molecule has 7 rings (SSSR count). The number of rotatable bonds is 36. The Hall–Kier alpha value is -8.77. The molecule has 0 bridgehead atoms. The molecule has 0 spiro atoms. The molecule has 14 N–H and O–H groups in total. The molecular formula is C68H95FN12O16. The Bertz CT molecular complexity index is 3170. The molecule has 29 heteroatoms. The third kappa shape index (κ3) is 26.0. The maximum absolute atomic E-state index is 14.1. The third-order valence-corrected chi connectivity index (χ3v) is 17.1. The van der Waals surface area contributed by atoms with Crippen LogP contribution in [0.25, 0.3) is 5.70 Å². The van der Waals surface area contributed by atoms with Crippen LogP contribution >= 0.6 is 0 Å². The van der Waals surface area contributed by atoms with Crippen LogP contribution in [0.3, 0.4) is 0 Å². The van der Waals surface area contributed by atoms with E-state index in [-0.39, 0.29) is 115 Å². The monoisotopic (exact) mass is 1350 g/mol. The van der Waals surface area contributed by atoms with Gasteiger partial charge >= 0.3 is 12.1 Å². The second-order valence-electron chi connectivity index (χ2n) is 24.9. The number of fused-ring (bicyclic) bond motifs is 2. The molecule has 28 nitrogen and oxygen atoms in total. The van der Waals surface area contributed by atoms with Gasteiger partial charge in [-0.3, -0.25) is 44.0 Å². The number of phenols is 1. The van der Waals surface area contributed by atoms with Crippen molar-refractivity contribution < 1.29 is 81.4 Å². The zero-order valence-corrected chi connectivity index (χ0v) is 55.3. The van der Waals surface area contributed by atoms with Crippen LogP contribution in [0.1, 0.15) is 107 Å². The van der Waals surface area contributed by atoms with Crippen molar-refractivity contribution in [3.05, 3.63) is 107 Å². The SMILES string of the molecule is CC(C)(COCCC(=O)NCCCCC1NC(=O)[C@@H](Cc2ccc(O)cc2)NC(=O)[C@H](CC(=O)O)NC(=O)CNC(=O)[C@H](CCCN=C(N)N)NC1=O)OCCNC(=O)OCc1ccc(C2=NNC(c3ccccc3)=C3CC[C@H]4[C@@H](CCC23)[C@H]4COCCOCCOCCF)cc1. The van der Waals surface area contributed by atoms with Gasteiger partial charge in [-0.1, -0.05) is 66.7 Å². The Morgan fingerprint density at radius 3 is 2.07 bits per heavy atom. The van der Waals surface area contributed by atoms with Crippen molar-refractivity contribution in [2.24, 2.45) is 45.2 Å². The lowest BCUT2D eigenvalue weighted by atomic mass is 9.78. The van der Waals surface area contributed by atoms with Gasteiger partial charge in [0.05, 0.1) is 89.4 Å². The molecule has 2 unspecified atom stereocenters. The van der Waals surface area contributed by atoms with Crippen LogP contribution in [-0.4, -0.2) is 191 Å². The zero-order valence-electron chi connectivity index (χ0n) is 55.3. The smallest absolute Gasteiger partial charge is 0.407 e. The summed E-state index contributed by atoms with van der Waals surface area (Å²) in [5.41, 5.74) is 20.4. The number of carboxylic acids is 1. The minimum Gasteiger partial charge on any atom is -0.508 e. The number of nitrogens with two attached hydrogens (primary N) is 2. The van der Waals surface area contributed by atoms with E-state index in [2.05, 4.69) is 59.8 Å². The molecule has 7 amide bonds. The first-order valence-electron chi connectivity index (χ1n) is 33.2. The summed E-state index contributed by atoms with van der Waals surface area (Å²) >= 11 is 0. The normalized spacial score (nSPS) is 21.5. The second-order valence-corrected chi connectivity index (χ2v) is 24.9. The highest BCUT2D eigenvalue weighted by Crippen LogP contribution is 2.56. The number of guanidine groups is 1. The summed E-state index contributed by atoms with van der Waals surface area (Å²) in [6.45, 7) is 5.84. The topological polar surface area (TPSA) is 405 Å². The first-order valence-corrected chi connectivity index (χ1v) is 33.2. The molecule has 2 heterocycles. The van der Waals surface area contributed by atoms with Gasteiger partial charge < -0.3 is 87.3 Å². The number of benzene rings is 3. The standard InChI is InChI=1S/C68H95FN12O16/c1-68(2,97-32-29-74-67(91)96-40-44-13-17-46(18-14-44)61-51-24-22-49-48(52(49)41-94-36-35-93-34-33-92-31-26-69)21-23-50(51)60(80-81-61)45-9-4-3-5-10-45)42-95-30-25-57(83)72-27-7-6-11-54-63(88)77-53(12-8-28-73-66(70)71)62(87)75-39-58(84)76-56(38-59(85)86)65(90)79-55(64(89)78-54)37-43-15-19-47(82)20-16-43/h3-5,9-10,13-20,48-49,51-56,80,82H,6-8,11-12,21-42H2,1-2H3,(H,72,83)(H,74,91)(H,75,87)(H,76,84)(H,77,88)(H,78,89)(H,79,90)(H,85,86)(H4,70,71,73)/t48-,49+,51?,52-,53-,54?,55+,56-/m0/s1. The van der Waals surface area contributed by atoms with Crippen molar-refractivity contribution >= 4 is 64.9 Å². The summed E-state index contributed by atoms with van der Waals surface area (Å²) in [5, 5.41) is 42.5. The second kappa shape index (κ2) is 39.4. The van der Waals surface area contributed by atoms with E-state index >= 15 is 0 Å². The van der Waals surface area contributed by atoms with E-state index in [0.717, 1.165) is 53.8 Å². The van der Waals surface area contributed by atoms with Gasteiger partial charge in [0, 0.05) is 38.4 Å². The van der Waals surface area contributed by atoms with Gasteiger partial charge in [-0.05, 0) is 129 Å². The number of alkyl halides is 1. The van der Waals surface area contributed by atoms with Crippen LogP contribution in [0.5, 0.6) is 5.75 Å². The Morgan fingerprint density at radius 1 is 0.691 bits per heavy atom. The highest BCUT2D eigenvalue weighted by Gasteiger charge is 2.51. The number of carbonyl (C=O) groups is 8. The molecule has 1 saturated heterocycles. The number of carbonyl (C=O) groups excluding carboxylic acids is 7. The van der Waals surface area contributed by atoms with Crippen molar-refractivity contribution in [3.8, 4) is 5.75 Å². The molecule has 2 aliphatic carbocycles. The molecule has 97 heavy (non-hydrogen) atoms. The average molecular weight is 1360 g/mol. The van der Waals surface area contributed by atoms with Crippen molar-refractivity contribution in [2.75, 3.05) is 92.3 Å². The minimum atomic E-state index is -1.67. The first-order chi connectivity index (χ1) is 46.8. The lowest BCUT2D eigenvalue weighted by Gasteiger charge is -2.31. The van der Waals surface area contributed by atoms with Crippen molar-refractivity contribution in [1.29, 1.82) is 0 Å². The number of aromatic hydroxyl groups is 1. The lowest BCUT2D eigenvalue weighted by Crippen LogP contribution is -2.58. The number of aliphatic carboxylic acids is 1. The number of amides is 7. The summed E-state index contributed by atoms with van der Waals surface area (Å²) in [6, 6.07) is 18.4. The highest BCUT2D eigenvalue weighted by atomic mass is 19.1. The van der Waals surface area contributed by atoms with Gasteiger partial charge in [0.1, 0.15) is 43.2 Å². The molecule has 530 valence electrons. The number of alkyl carbamates (subject to hydrolysis) is 1. The van der Waals surface area contributed by atoms with Gasteiger partial charge in [-0.15, -0.1) is 0 Å². The van der Waals surface area contributed by atoms with Gasteiger partial charge in [-0.2, -0.15) is 5.10 Å². The maximum Gasteiger partial charge on any atom is 0.407 e. The molecule has 0 aromatic heterocycles. The molecule has 0 radical (unpaired) electrons. The number of nitrogens with zero attached hydrogens (tertiary/aromatic N) is 2. The molecule has 3 aromatic rings. The van der Waals surface area contributed by atoms with E-state index in [1.54, 1.807) is 0 Å². The maximum atomic E-state index is 14.1. The molecule has 3 aromatic carbocycles. The van der Waals surface area contributed by atoms with Gasteiger partial charge in [-0.25, -0.2) is 9.18 Å². The molecule has 3 fully saturated rings. The number of halogens is 1. The fourth-order valence-corrected chi connectivity index (χ4v) is 12.0. The molecule has 4 aliphatic rings. The fraction of sp³-hybridized carbons (Fsp3) is 0.559. The molecule has 8 atom stereocenters. The van der Waals surface area contributed by atoms with Crippen molar-refractivity contribution in [1.82, 2.24) is 42.6 Å². The number of unbranched alkanes of at least 4 members (excludes halogenated alkanes) is 1. The van der Waals surface area contributed by atoms with Gasteiger partial charge in [0.25, 0.3) is 0 Å². The van der Waals surface area contributed by atoms with Crippen LogP contribution in [-0.2, 0) is 75.0 Å². The van der Waals surface area contributed by atoms with E-state index in [1.807, 2.05) is 56.3 Å². The van der Waals surface area contributed by atoms with Crippen LogP contribution in [0.15, 0.2) is 94.5 Å².